The Morgan fingerprint density at radius 2 is 1.91 bits per heavy atom. The molecule has 1 aliphatic rings. The number of hydrogen-bond donors (Lipinski definition) is 1. The summed E-state index contributed by atoms with van der Waals surface area (Å²) in [6.07, 6.45) is 10.4. The Kier molecular flexibility index (Phi) is 6.44. The van der Waals surface area contributed by atoms with Gasteiger partial charge in [0.1, 0.15) is 5.65 Å². The van der Waals surface area contributed by atoms with E-state index in [9.17, 15) is 4.79 Å². The van der Waals surface area contributed by atoms with Crippen molar-refractivity contribution >= 4 is 23.3 Å². The Bertz CT molecular complexity index is 1310. The Morgan fingerprint density at radius 1 is 1.09 bits per heavy atom. The predicted molar refractivity (Wildman–Crippen MR) is 132 cm³/mol. The molecule has 8 heteroatoms. The molecule has 2 N–H and O–H groups in total. The van der Waals surface area contributed by atoms with Crippen molar-refractivity contribution in [2.24, 2.45) is 5.84 Å². The predicted octanol–water partition coefficient (Wildman–Crippen LogP) is 3.15. The lowest BCUT2D eigenvalue weighted by Gasteiger charge is -2.26. The fraction of sp³-hybridized carbons (Fsp3) is 0.192. The third kappa shape index (κ3) is 4.74. The van der Waals surface area contributed by atoms with E-state index in [1.165, 1.54) is 11.6 Å². The maximum atomic E-state index is 12.8. The minimum Gasteiger partial charge on any atom is -0.379 e. The zero-order valence-electron chi connectivity index (χ0n) is 18.7. The summed E-state index contributed by atoms with van der Waals surface area (Å²) < 4.78 is 7.40. The van der Waals surface area contributed by atoms with Crippen molar-refractivity contribution in [1.29, 1.82) is 0 Å². The zero-order valence-corrected chi connectivity index (χ0v) is 18.7. The number of aromatic nitrogens is 3. The minimum atomic E-state index is -0.325. The fourth-order valence-corrected chi connectivity index (χ4v) is 4.05. The number of hydrazine groups is 1. The molecule has 1 amide bonds. The molecule has 1 saturated heterocycles. The third-order valence-corrected chi connectivity index (χ3v) is 5.91. The van der Waals surface area contributed by atoms with Crippen LogP contribution in [0.1, 0.15) is 11.1 Å². The van der Waals surface area contributed by atoms with Gasteiger partial charge in [0.2, 0.25) is 0 Å². The average Bonchev–Trinajstić information content (AvgIpc) is 3.32. The first-order valence-electron chi connectivity index (χ1n) is 11.2. The van der Waals surface area contributed by atoms with Crippen LogP contribution in [0, 0.1) is 0 Å². The number of benzene rings is 1. The van der Waals surface area contributed by atoms with Gasteiger partial charge in [-0.25, -0.2) is 15.8 Å². The molecule has 0 radical (unpaired) electrons. The van der Waals surface area contributed by atoms with Crippen molar-refractivity contribution in [2.45, 2.75) is 6.54 Å². The highest BCUT2D eigenvalue weighted by Gasteiger charge is 2.13. The van der Waals surface area contributed by atoms with Gasteiger partial charge in [0, 0.05) is 55.4 Å². The number of carbonyl (C=O) groups is 1. The summed E-state index contributed by atoms with van der Waals surface area (Å²) in [5.41, 5.74) is 5.31. The molecule has 34 heavy (non-hydrogen) atoms. The van der Waals surface area contributed by atoms with Gasteiger partial charge in [0.25, 0.3) is 5.91 Å². The average molecular weight is 455 g/mol. The highest BCUT2D eigenvalue weighted by atomic mass is 16.5. The smallest absolute Gasteiger partial charge is 0.265 e. The van der Waals surface area contributed by atoms with E-state index in [1.807, 2.05) is 65.3 Å². The van der Waals surface area contributed by atoms with Gasteiger partial charge < -0.3 is 4.74 Å². The molecule has 8 nitrogen and oxygen atoms in total. The summed E-state index contributed by atoms with van der Waals surface area (Å²) in [7, 11) is 0. The maximum Gasteiger partial charge on any atom is 0.265 e. The van der Waals surface area contributed by atoms with E-state index in [0.717, 1.165) is 60.3 Å². The Morgan fingerprint density at radius 3 is 2.74 bits per heavy atom. The molecule has 4 heterocycles. The number of ether oxygens (including phenoxy) is 1. The van der Waals surface area contributed by atoms with E-state index in [4.69, 9.17) is 10.6 Å². The van der Waals surface area contributed by atoms with Crippen LogP contribution in [0.2, 0.25) is 0 Å². The lowest BCUT2D eigenvalue weighted by molar-refractivity contribution is -0.114. The summed E-state index contributed by atoms with van der Waals surface area (Å²) in [6.45, 7) is 4.25. The normalized spacial score (nSPS) is 14.6. The Labute approximate surface area is 197 Å². The van der Waals surface area contributed by atoms with Crippen molar-refractivity contribution in [3.05, 3.63) is 90.5 Å². The van der Waals surface area contributed by atoms with Gasteiger partial charge in [-0.05, 0) is 42.0 Å². The van der Waals surface area contributed by atoms with Crippen LogP contribution in [-0.2, 0) is 16.1 Å². The molecule has 4 aromatic rings. The minimum absolute atomic E-state index is 0.325. The van der Waals surface area contributed by atoms with Gasteiger partial charge in [-0.15, -0.1) is 0 Å². The monoisotopic (exact) mass is 454 g/mol. The number of amides is 1. The highest BCUT2D eigenvalue weighted by Crippen LogP contribution is 2.25. The number of carbonyl (C=O) groups excluding carboxylic acids is 1. The van der Waals surface area contributed by atoms with Gasteiger partial charge >= 0.3 is 0 Å². The van der Waals surface area contributed by atoms with Crippen LogP contribution in [0.3, 0.4) is 0 Å². The van der Waals surface area contributed by atoms with Crippen LogP contribution in [0.4, 0.5) is 5.69 Å². The molecule has 0 bridgehead atoms. The second-order valence-electron chi connectivity index (χ2n) is 8.13. The van der Waals surface area contributed by atoms with Crippen molar-refractivity contribution in [3.63, 3.8) is 0 Å². The number of rotatable bonds is 6. The summed E-state index contributed by atoms with van der Waals surface area (Å²) in [5.74, 6) is 5.79. The van der Waals surface area contributed by atoms with Crippen molar-refractivity contribution in [2.75, 3.05) is 31.3 Å². The zero-order chi connectivity index (χ0) is 23.3. The molecular formula is C26H26N6O2. The summed E-state index contributed by atoms with van der Waals surface area (Å²) in [4.78, 5) is 23.8. The molecule has 0 spiro atoms. The van der Waals surface area contributed by atoms with E-state index >= 15 is 0 Å². The number of morpholine rings is 1. The van der Waals surface area contributed by atoms with E-state index in [0.29, 0.717) is 5.69 Å². The van der Waals surface area contributed by atoms with Crippen LogP contribution >= 0.6 is 0 Å². The molecule has 0 saturated carbocycles. The number of fused-ring (bicyclic) bond motifs is 1. The molecule has 0 aliphatic carbocycles. The molecule has 1 aromatic carbocycles. The number of hydrogen-bond acceptors (Lipinski definition) is 6. The van der Waals surface area contributed by atoms with Crippen LogP contribution in [0.25, 0.3) is 23.0 Å². The number of imidazole rings is 1. The van der Waals surface area contributed by atoms with E-state index in [-0.39, 0.29) is 5.91 Å². The SMILES string of the molecule is NN(C(=O)/C=C/c1cnccc1-c1cnc2ccccn12)c1ccc(CN2CCOCC2)cc1. The Balaban J connectivity index is 1.30. The number of nitrogens with two attached hydrogens (primary N) is 1. The standard InChI is InChI=1S/C26H26N6O2/c27-32(22-7-4-20(5-8-22)19-30-13-15-34-16-14-30)26(33)9-6-21-17-28-11-10-23(21)24-18-29-25-3-1-2-12-31(24)25/h1-12,17-18H,13-16,19,27H2/b9-6+. The number of pyridine rings is 2. The molecule has 5 rings (SSSR count). The van der Waals surface area contributed by atoms with Crippen LogP contribution in [-0.4, -0.2) is 51.5 Å². The largest absolute Gasteiger partial charge is 0.379 e. The van der Waals surface area contributed by atoms with Crippen molar-refractivity contribution < 1.29 is 9.53 Å². The van der Waals surface area contributed by atoms with E-state index in [1.54, 1.807) is 18.5 Å². The molecule has 0 unspecified atom stereocenters. The first-order chi connectivity index (χ1) is 16.7. The van der Waals surface area contributed by atoms with Crippen molar-refractivity contribution in [1.82, 2.24) is 19.3 Å². The van der Waals surface area contributed by atoms with Crippen LogP contribution < -0.4 is 10.9 Å². The summed E-state index contributed by atoms with van der Waals surface area (Å²) >= 11 is 0. The quantitative estimate of drug-likeness (QED) is 0.208. The summed E-state index contributed by atoms with van der Waals surface area (Å²) in [6, 6.07) is 15.5. The first-order valence-corrected chi connectivity index (χ1v) is 11.2. The molecule has 3 aromatic heterocycles. The topological polar surface area (TPSA) is 89.0 Å². The number of nitrogens with zero attached hydrogens (tertiary/aromatic N) is 5. The van der Waals surface area contributed by atoms with Crippen LogP contribution in [0.5, 0.6) is 0 Å². The van der Waals surface area contributed by atoms with Gasteiger partial charge in [-0.1, -0.05) is 18.2 Å². The first kappa shape index (κ1) is 22.0. The maximum absolute atomic E-state index is 12.8. The Hall–Kier alpha value is -3.85. The molecule has 1 fully saturated rings. The summed E-state index contributed by atoms with van der Waals surface area (Å²) in [5, 5.41) is 1.15. The molecule has 1 aliphatic heterocycles. The molecule has 172 valence electrons. The van der Waals surface area contributed by atoms with Crippen molar-refractivity contribution in [3.8, 4) is 11.3 Å². The molecule has 0 atom stereocenters. The van der Waals surface area contributed by atoms with Gasteiger partial charge in [-0.3, -0.25) is 19.1 Å². The van der Waals surface area contributed by atoms with Gasteiger partial charge in [-0.2, -0.15) is 0 Å². The fourth-order valence-electron chi connectivity index (χ4n) is 4.05. The van der Waals surface area contributed by atoms with E-state index in [2.05, 4.69) is 14.9 Å². The molecular weight excluding hydrogens is 428 g/mol. The van der Waals surface area contributed by atoms with Gasteiger partial charge in [0.05, 0.1) is 30.8 Å². The second-order valence-corrected chi connectivity index (χ2v) is 8.13. The van der Waals surface area contributed by atoms with Gasteiger partial charge in [0.15, 0.2) is 0 Å². The lowest BCUT2D eigenvalue weighted by Crippen LogP contribution is -2.36. The highest BCUT2D eigenvalue weighted by molar-refractivity contribution is 6.03. The lowest BCUT2D eigenvalue weighted by atomic mass is 10.1. The number of anilines is 1. The van der Waals surface area contributed by atoms with E-state index < -0.39 is 0 Å². The van der Waals surface area contributed by atoms with Crippen LogP contribution in [0.15, 0.2) is 79.4 Å². The third-order valence-electron chi connectivity index (χ3n) is 5.91. The second kappa shape index (κ2) is 9.96.